The van der Waals surface area contributed by atoms with Gasteiger partial charge in [-0.3, -0.25) is 0 Å². The molecule has 17 heavy (non-hydrogen) atoms. The van der Waals surface area contributed by atoms with Crippen molar-refractivity contribution in [2.75, 3.05) is 6.54 Å². The van der Waals surface area contributed by atoms with E-state index in [1.807, 2.05) is 0 Å². The Bertz CT molecular complexity index is 258. The zero-order valence-electron chi connectivity index (χ0n) is 10.4. The Kier molecular flexibility index (Phi) is 3.71. The summed E-state index contributed by atoms with van der Waals surface area (Å²) >= 11 is 0. The number of hydrogen-bond donors (Lipinski definition) is 1. The van der Waals surface area contributed by atoms with Gasteiger partial charge in [0.05, 0.1) is 5.92 Å². The van der Waals surface area contributed by atoms with E-state index in [9.17, 15) is 13.2 Å². The molecule has 2 fully saturated rings. The lowest BCUT2D eigenvalue weighted by atomic mass is 9.85. The van der Waals surface area contributed by atoms with Crippen molar-refractivity contribution < 1.29 is 13.2 Å². The van der Waals surface area contributed by atoms with Gasteiger partial charge in [-0.1, -0.05) is 13.3 Å². The van der Waals surface area contributed by atoms with Crippen LogP contribution >= 0.6 is 0 Å². The standard InChI is InChI=1S/C13H22F3N/c1-2-12(6-7-12)9-17-11-5-3-4-10(8-11)13(14,15)16/h10-11,17H,2-9H2,1H3. The number of alkyl halides is 3. The van der Waals surface area contributed by atoms with Crippen LogP contribution in [0.15, 0.2) is 0 Å². The third-order valence-corrected chi connectivity index (χ3v) is 4.61. The summed E-state index contributed by atoms with van der Waals surface area (Å²) in [5.41, 5.74) is 0.422. The first-order valence-electron chi connectivity index (χ1n) is 6.75. The van der Waals surface area contributed by atoms with Crippen LogP contribution < -0.4 is 5.32 Å². The molecule has 0 amide bonds. The summed E-state index contributed by atoms with van der Waals surface area (Å²) in [5.74, 6) is -1.08. The van der Waals surface area contributed by atoms with Crippen molar-refractivity contribution in [3.63, 3.8) is 0 Å². The minimum atomic E-state index is -4.00. The van der Waals surface area contributed by atoms with Crippen LogP contribution in [0.1, 0.15) is 51.9 Å². The van der Waals surface area contributed by atoms with Gasteiger partial charge in [0.25, 0.3) is 0 Å². The second-order valence-corrected chi connectivity index (χ2v) is 5.84. The van der Waals surface area contributed by atoms with E-state index in [2.05, 4.69) is 12.2 Å². The van der Waals surface area contributed by atoms with Gasteiger partial charge in [0.1, 0.15) is 0 Å². The Morgan fingerprint density at radius 1 is 1.24 bits per heavy atom. The van der Waals surface area contributed by atoms with E-state index < -0.39 is 12.1 Å². The van der Waals surface area contributed by atoms with Crippen molar-refractivity contribution in [1.82, 2.24) is 5.32 Å². The van der Waals surface area contributed by atoms with Crippen molar-refractivity contribution >= 4 is 0 Å². The number of halogens is 3. The smallest absolute Gasteiger partial charge is 0.313 e. The van der Waals surface area contributed by atoms with Crippen LogP contribution in [0.4, 0.5) is 13.2 Å². The maximum atomic E-state index is 12.6. The molecule has 100 valence electrons. The van der Waals surface area contributed by atoms with Crippen molar-refractivity contribution in [3.8, 4) is 0 Å². The first-order chi connectivity index (χ1) is 7.95. The van der Waals surface area contributed by atoms with Gasteiger partial charge in [-0.2, -0.15) is 13.2 Å². The molecule has 1 nitrogen and oxygen atoms in total. The van der Waals surface area contributed by atoms with E-state index in [-0.39, 0.29) is 12.5 Å². The molecule has 0 bridgehead atoms. The zero-order chi connectivity index (χ0) is 12.5. The van der Waals surface area contributed by atoms with Crippen molar-refractivity contribution in [3.05, 3.63) is 0 Å². The second kappa shape index (κ2) is 4.79. The molecule has 4 heteroatoms. The number of hydrogen-bond acceptors (Lipinski definition) is 1. The van der Waals surface area contributed by atoms with Gasteiger partial charge in [-0.15, -0.1) is 0 Å². The van der Waals surface area contributed by atoms with Gasteiger partial charge in [-0.25, -0.2) is 0 Å². The molecule has 2 saturated carbocycles. The minimum absolute atomic E-state index is 0.0828. The molecule has 0 heterocycles. The fraction of sp³-hybridized carbons (Fsp3) is 1.00. The predicted molar refractivity (Wildman–Crippen MR) is 61.8 cm³/mol. The zero-order valence-corrected chi connectivity index (χ0v) is 10.4. The SMILES string of the molecule is CCC1(CNC2CCCC(C(F)(F)F)C2)CC1. The maximum absolute atomic E-state index is 12.6. The Morgan fingerprint density at radius 3 is 2.47 bits per heavy atom. The lowest BCUT2D eigenvalue weighted by Gasteiger charge is -2.32. The molecule has 0 aromatic carbocycles. The second-order valence-electron chi connectivity index (χ2n) is 5.84. The number of rotatable bonds is 4. The van der Waals surface area contributed by atoms with Gasteiger partial charge in [-0.05, 0) is 43.9 Å². The van der Waals surface area contributed by atoms with E-state index in [4.69, 9.17) is 0 Å². The van der Waals surface area contributed by atoms with Gasteiger partial charge >= 0.3 is 6.18 Å². The highest BCUT2D eigenvalue weighted by molar-refractivity contribution is 4.95. The lowest BCUT2D eigenvalue weighted by molar-refractivity contribution is -0.183. The van der Waals surface area contributed by atoms with E-state index in [1.54, 1.807) is 0 Å². The molecule has 2 rings (SSSR count). The molecule has 0 aromatic heterocycles. The topological polar surface area (TPSA) is 12.0 Å². The van der Waals surface area contributed by atoms with Crippen molar-refractivity contribution in [2.45, 2.75) is 64.1 Å². The van der Waals surface area contributed by atoms with Crippen molar-refractivity contribution in [2.24, 2.45) is 11.3 Å². The maximum Gasteiger partial charge on any atom is 0.391 e. The Balaban J connectivity index is 1.78. The van der Waals surface area contributed by atoms with Crippen LogP contribution in [0, 0.1) is 11.3 Å². The quantitative estimate of drug-likeness (QED) is 0.797. The van der Waals surface area contributed by atoms with Crippen LogP contribution in [0.3, 0.4) is 0 Å². The average Bonchev–Trinajstić information content (AvgIpc) is 3.06. The fourth-order valence-electron chi connectivity index (χ4n) is 2.87. The molecule has 0 radical (unpaired) electrons. The van der Waals surface area contributed by atoms with Gasteiger partial charge in [0, 0.05) is 12.6 Å². The molecular weight excluding hydrogens is 227 g/mol. The summed E-state index contributed by atoms with van der Waals surface area (Å²) < 4.78 is 37.9. The normalized spacial score (nSPS) is 32.5. The summed E-state index contributed by atoms with van der Waals surface area (Å²) in [6.45, 7) is 3.09. The van der Waals surface area contributed by atoms with Crippen LogP contribution in [-0.4, -0.2) is 18.8 Å². The Hall–Kier alpha value is -0.250. The summed E-state index contributed by atoms with van der Waals surface area (Å²) in [5, 5.41) is 3.38. The largest absolute Gasteiger partial charge is 0.391 e. The van der Waals surface area contributed by atoms with Gasteiger partial charge in [0.2, 0.25) is 0 Å². The molecule has 0 aliphatic heterocycles. The molecular formula is C13H22F3N. The minimum Gasteiger partial charge on any atom is -0.313 e. The lowest BCUT2D eigenvalue weighted by Crippen LogP contribution is -2.40. The third-order valence-electron chi connectivity index (χ3n) is 4.61. The molecule has 0 spiro atoms. The molecule has 1 N–H and O–H groups in total. The highest BCUT2D eigenvalue weighted by atomic mass is 19.4. The molecule has 2 unspecified atom stereocenters. The fourth-order valence-corrected chi connectivity index (χ4v) is 2.87. The van der Waals surface area contributed by atoms with E-state index in [1.165, 1.54) is 12.8 Å². The van der Waals surface area contributed by atoms with Crippen LogP contribution in [0.25, 0.3) is 0 Å². The first kappa shape index (κ1) is 13.2. The van der Waals surface area contributed by atoms with Gasteiger partial charge < -0.3 is 5.32 Å². The number of nitrogens with one attached hydrogen (secondary N) is 1. The van der Waals surface area contributed by atoms with Crippen molar-refractivity contribution in [1.29, 1.82) is 0 Å². The molecule has 0 saturated heterocycles. The first-order valence-corrected chi connectivity index (χ1v) is 6.75. The van der Waals surface area contributed by atoms with E-state index >= 15 is 0 Å². The van der Waals surface area contributed by atoms with Crippen LogP contribution in [0.2, 0.25) is 0 Å². The molecule has 0 aromatic rings. The summed E-state index contributed by atoms with van der Waals surface area (Å²) in [6, 6.07) is 0.0828. The van der Waals surface area contributed by atoms with E-state index in [0.29, 0.717) is 18.3 Å². The monoisotopic (exact) mass is 249 g/mol. The molecule has 2 aliphatic carbocycles. The Morgan fingerprint density at radius 2 is 1.94 bits per heavy atom. The van der Waals surface area contributed by atoms with Crippen LogP contribution in [-0.2, 0) is 0 Å². The van der Waals surface area contributed by atoms with Gasteiger partial charge in [0.15, 0.2) is 0 Å². The Labute approximate surface area is 101 Å². The summed E-state index contributed by atoms with van der Waals surface area (Å²) in [4.78, 5) is 0. The highest BCUT2D eigenvalue weighted by Crippen LogP contribution is 2.48. The predicted octanol–water partition coefficient (Wildman–Crippen LogP) is 3.89. The average molecular weight is 249 g/mol. The summed E-state index contributed by atoms with van der Waals surface area (Å²) in [6.07, 6.45) is 1.85. The van der Waals surface area contributed by atoms with E-state index in [0.717, 1.165) is 19.4 Å². The summed E-state index contributed by atoms with van der Waals surface area (Å²) in [7, 11) is 0. The highest BCUT2D eigenvalue weighted by Gasteiger charge is 2.44. The van der Waals surface area contributed by atoms with Crippen LogP contribution in [0.5, 0.6) is 0 Å². The third kappa shape index (κ3) is 3.36. The molecule has 2 atom stereocenters. The molecule has 2 aliphatic rings.